The van der Waals surface area contributed by atoms with E-state index >= 15 is 0 Å². The molecule has 5 rings (SSSR count). The molecular weight excluding hydrogens is 464 g/mol. The van der Waals surface area contributed by atoms with E-state index in [9.17, 15) is 19.6 Å². The molecule has 37 heavy (non-hydrogen) atoms. The van der Waals surface area contributed by atoms with Crippen LogP contribution in [0.2, 0.25) is 0 Å². The molecule has 0 aliphatic heterocycles. The van der Waals surface area contributed by atoms with Gasteiger partial charge in [-0.1, -0.05) is 47.6 Å². The topological polar surface area (TPSA) is 96.3 Å². The Morgan fingerprint density at radius 2 is 1.70 bits per heavy atom. The maximum Gasteiger partial charge on any atom is 0.250 e. The highest BCUT2D eigenvalue weighted by Crippen LogP contribution is 2.75. The van der Waals surface area contributed by atoms with Crippen LogP contribution in [0.5, 0.6) is 0 Å². The standard InChI is InChI=1S/C31H44N2O4/c1-18-20-8-9-29(5)23(28(20,4)15-19(17-32)25(18)35)14-22(34)24-21-16-27(2,3)10-12-31(21,26(36)33-37-7)13-11-30(24,29)6/h15,18,20-21,23-24H,8-14,16H2,1-7H3,(H,33,36)/t18-,20-,21?,23+,24+,28-,29+,30+,31-/m0/s1. The second-order valence-corrected chi connectivity index (χ2v) is 14.6. The number of amides is 1. The Bertz CT molecular complexity index is 1120. The molecule has 0 aromatic rings. The lowest BCUT2D eigenvalue weighted by Crippen LogP contribution is -2.69. The van der Waals surface area contributed by atoms with E-state index in [4.69, 9.17) is 4.84 Å². The average molecular weight is 509 g/mol. The minimum atomic E-state index is -0.574. The van der Waals surface area contributed by atoms with Gasteiger partial charge >= 0.3 is 0 Å². The van der Waals surface area contributed by atoms with Gasteiger partial charge in [-0.3, -0.25) is 19.2 Å². The third kappa shape index (κ3) is 3.35. The first kappa shape index (κ1) is 26.6. The largest absolute Gasteiger partial charge is 0.299 e. The number of rotatable bonds is 2. The summed E-state index contributed by atoms with van der Waals surface area (Å²) in [7, 11) is 1.48. The van der Waals surface area contributed by atoms with Crippen molar-refractivity contribution in [2.75, 3.05) is 7.11 Å². The van der Waals surface area contributed by atoms with E-state index in [1.165, 1.54) is 7.11 Å². The number of allylic oxidation sites excluding steroid dienone is 2. The molecule has 0 heterocycles. The van der Waals surface area contributed by atoms with Crippen LogP contribution in [0, 0.1) is 68.0 Å². The van der Waals surface area contributed by atoms with Crippen molar-refractivity contribution in [3.8, 4) is 6.07 Å². The number of nitrogens with one attached hydrogen (secondary N) is 1. The number of fused-ring (bicyclic) bond motifs is 7. The Morgan fingerprint density at radius 1 is 1.03 bits per heavy atom. The van der Waals surface area contributed by atoms with Gasteiger partial charge in [-0.25, -0.2) is 5.48 Å². The summed E-state index contributed by atoms with van der Waals surface area (Å²) >= 11 is 0. The van der Waals surface area contributed by atoms with E-state index in [0.717, 1.165) is 44.9 Å². The molecule has 5 aliphatic rings. The second-order valence-electron chi connectivity index (χ2n) is 14.6. The van der Waals surface area contributed by atoms with Crippen molar-refractivity contribution >= 4 is 17.5 Å². The smallest absolute Gasteiger partial charge is 0.250 e. The van der Waals surface area contributed by atoms with Gasteiger partial charge in [-0.05, 0) is 84.4 Å². The number of hydroxylamine groups is 1. The molecule has 0 radical (unpaired) electrons. The van der Waals surface area contributed by atoms with Crippen LogP contribution in [0.4, 0.5) is 0 Å². The molecule has 4 saturated carbocycles. The van der Waals surface area contributed by atoms with Crippen LogP contribution in [0.25, 0.3) is 0 Å². The number of ketones is 2. The van der Waals surface area contributed by atoms with Gasteiger partial charge in [0.2, 0.25) is 5.91 Å². The number of carbonyl (C=O) groups excluding carboxylic acids is 3. The highest BCUT2D eigenvalue weighted by atomic mass is 16.6. The summed E-state index contributed by atoms with van der Waals surface area (Å²) in [6.07, 6.45) is 8.50. The molecular formula is C31H44N2O4. The maximum atomic E-state index is 14.4. The van der Waals surface area contributed by atoms with Gasteiger partial charge in [0, 0.05) is 18.3 Å². The fourth-order valence-corrected chi connectivity index (χ4v) is 10.5. The lowest BCUT2D eigenvalue weighted by atomic mass is 9.32. The maximum absolute atomic E-state index is 14.4. The molecule has 0 spiro atoms. The number of Topliss-reactive ketones (excluding diaryl/α,β-unsaturated/α-hetero) is 2. The molecule has 6 nitrogen and oxygen atoms in total. The van der Waals surface area contributed by atoms with Crippen molar-refractivity contribution in [2.45, 2.75) is 92.9 Å². The Hall–Kier alpha value is -2.00. The zero-order chi connectivity index (χ0) is 27.2. The summed E-state index contributed by atoms with van der Waals surface area (Å²) in [5.41, 5.74) is 1.68. The lowest BCUT2D eigenvalue weighted by Gasteiger charge is -2.71. The summed E-state index contributed by atoms with van der Waals surface area (Å²) in [4.78, 5) is 46.0. The van der Waals surface area contributed by atoms with Crippen molar-refractivity contribution < 1.29 is 19.2 Å². The van der Waals surface area contributed by atoms with E-state index in [-0.39, 0.29) is 74.3 Å². The molecule has 0 aromatic heterocycles. The zero-order valence-corrected chi connectivity index (χ0v) is 23.7. The Kier molecular flexibility index (Phi) is 5.93. The summed E-state index contributed by atoms with van der Waals surface area (Å²) in [6.45, 7) is 13.4. The second kappa shape index (κ2) is 8.25. The monoisotopic (exact) mass is 508 g/mol. The van der Waals surface area contributed by atoms with Gasteiger partial charge in [0.1, 0.15) is 11.9 Å². The van der Waals surface area contributed by atoms with Gasteiger partial charge in [0.25, 0.3) is 0 Å². The number of nitriles is 1. The molecule has 202 valence electrons. The van der Waals surface area contributed by atoms with Crippen molar-refractivity contribution in [2.24, 2.45) is 56.7 Å². The molecule has 0 bridgehead atoms. The molecule has 0 saturated heterocycles. The van der Waals surface area contributed by atoms with E-state index in [1.54, 1.807) is 0 Å². The Morgan fingerprint density at radius 3 is 2.35 bits per heavy atom. The number of carbonyl (C=O) groups is 3. The quantitative estimate of drug-likeness (QED) is 0.492. The van der Waals surface area contributed by atoms with Gasteiger partial charge in [0.05, 0.1) is 18.1 Å². The van der Waals surface area contributed by atoms with Crippen LogP contribution in [0.1, 0.15) is 92.9 Å². The fraction of sp³-hybridized carbons (Fsp3) is 0.806. The predicted molar refractivity (Wildman–Crippen MR) is 139 cm³/mol. The highest BCUT2D eigenvalue weighted by molar-refractivity contribution is 6.02. The number of nitrogens with zero attached hydrogens (tertiary/aromatic N) is 1. The zero-order valence-electron chi connectivity index (χ0n) is 23.7. The molecule has 1 N–H and O–H groups in total. The van der Waals surface area contributed by atoms with Gasteiger partial charge < -0.3 is 0 Å². The molecule has 1 amide bonds. The van der Waals surface area contributed by atoms with Crippen LogP contribution < -0.4 is 5.48 Å². The van der Waals surface area contributed by atoms with Gasteiger partial charge in [-0.2, -0.15) is 5.26 Å². The van der Waals surface area contributed by atoms with Crippen LogP contribution in [-0.4, -0.2) is 24.6 Å². The Labute approximate surface area is 221 Å². The Balaban J connectivity index is 1.62. The number of hydrogen-bond acceptors (Lipinski definition) is 5. The molecule has 1 unspecified atom stereocenters. The third-order valence-electron chi connectivity index (χ3n) is 12.8. The summed E-state index contributed by atoms with van der Waals surface area (Å²) in [5.74, 6) is -0.00324. The summed E-state index contributed by atoms with van der Waals surface area (Å²) < 4.78 is 0. The third-order valence-corrected chi connectivity index (χ3v) is 12.8. The summed E-state index contributed by atoms with van der Waals surface area (Å²) in [6, 6.07) is 2.17. The normalized spacial score (nSPS) is 48.4. The summed E-state index contributed by atoms with van der Waals surface area (Å²) in [5, 5.41) is 9.78. The highest BCUT2D eigenvalue weighted by Gasteiger charge is 2.72. The van der Waals surface area contributed by atoms with Crippen molar-refractivity contribution in [3.63, 3.8) is 0 Å². The molecule has 0 aromatic carbocycles. The molecule has 6 heteroatoms. The predicted octanol–water partition coefficient (Wildman–Crippen LogP) is 5.57. The van der Waals surface area contributed by atoms with Crippen molar-refractivity contribution in [1.82, 2.24) is 5.48 Å². The van der Waals surface area contributed by atoms with Gasteiger partial charge in [-0.15, -0.1) is 0 Å². The molecule has 9 atom stereocenters. The van der Waals surface area contributed by atoms with Crippen LogP contribution in [0.3, 0.4) is 0 Å². The molecule has 5 aliphatic carbocycles. The lowest BCUT2D eigenvalue weighted by molar-refractivity contribution is -0.220. The van der Waals surface area contributed by atoms with Crippen LogP contribution in [0.15, 0.2) is 11.6 Å². The molecule has 4 fully saturated rings. The van der Waals surface area contributed by atoms with Crippen molar-refractivity contribution in [1.29, 1.82) is 5.26 Å². The van der Waals surface area contributed by atoms with Gasteiger partial charge in [0.15, 0.2) is 5.78 Å². The van der Waals surface area contributed by atoms with E-state index in [2.05, 4.69) is 46.2 Å². The first-order chi connectivity index (χ1) is 17.2. The first-order valence-corrected chi connectivity index (χ1v) is 14.2. The average Bonchev–Trinajstić information content (AvgIpc) is 2.82. The SMILES string of the molecule is CONC(=O)[C@]12CCC(C)(C)CC1[C@@H]1C(=O)C[C@@H]3[C@@]4(C)C=C(C#N)C(=O)[C@@H](C)[C@@H]4CC[C@@]3(C)[C@]1(C)CC2. The van der Waals surface area contributed by atoms with Crippen LogP contribution in [-0.2, 0) is 19.2 Å². The van der Waals surface area contributed by atoms with E-state index in [1.807, 2.05) is 13.0 Å². The van der Waals surface area contributed by atoms with Crippen molar-refractivity contribution in [3.05, 3.63) is 11.6 Å². The minimum Gasteiger partial charge on any atom is -0.299 e. The first-order valence-electron chi connectivity index (χ1n) is 14.2. The number of hydrogen-bond donors (Lipinski definition) is 1. The minimum absolute atomic E-state index is 0.0157. The van der Waals surface area contributed by atoms with E-state index < -0.39 is 5.41 Å². The van der Waals surface area contributed by atoms with Crippen LogP contribution >= 0.6 is 0 Å². The van der Waals surface area contributed by atoms with E-state index in [0.29, 0.717) is 6.42 Å². The fourth-order valence-electron chi connectivity index (χ4n) is 10.5.